The molecule has 2 aliphatic rings. The minimum Gasteiger partial charge on any atom is -0.480 e. The number of hydrogen-bond donors (Lipinski definition) is 0. The zero-order valence-corrected chi connectivity index (χ0v) is 17.0. The van der Waals surface area contributed by atoms with Crippen LogP contribution in [0.15, 0.2) is 84.9 Å². The van der Waals surface area contributed by atoms with Crippen LogP contribution < -0.4 is 4.74 Å². The summed E-state index contributed by atoms with van der Waals surface area (Å²) in [6.45, 7) is 3.15. The molecule has 0 unspecified atom stereocenters. The fourth-order valence-corrected chi connectivity index (χ4v) is 4.61. The van der Waals surface area contributed by atoms with E-state index in [2.05, 4.69) is 65.6 Å². The second-order valence-corrected chi connectivity index (χ2v) is 8.00. The molecule has 2 heterocycles. The van der Waals surface area contributed by atoms with Gasteiger partial charge in [-0.25, -0.2) is 0 Å². The quantitative estimate of drug-likeness (QED) is 0.668. The van der Waals surface area contributed by atoms with Crippen molar-refractivity contribution in [2.24, 2.45) is 0 Å². The first kappa shape index (κ1) is 18.9. The number of piperazine rings is 1. The van der Waals surface area contributed by atoms with Gasteiger partial charge in [0.1, 0.15) is 5.75 Å². The molecular weight excluding hydrogens is 372 g/mol. The van der Waals surface area contributed by atoms with Crippen LogP contribution in [0, 0.1) is 0 Å². The molecule has 1 amide bonds. The third-order valence-corrected chi connectivity index (χ3v) is 6.14. The Kier molecular flexibility index (Phi) is 5.24. The molecule has 0 N–H and O–H groups in total. The summed E-state index contributed by atoms with van der Waals surface area (Å²) in [4.78, 5) is 17.5. The summed E-state index contributed by atoms with van der Waals surface area (Å²) in [5.41, 5.74) is 3.71. The summed E-state index contributed by atoms with van der Waals surface area (Å²) in [6, 6.07) is 29.4. The average molecular weight is 399 g/mol. The maximum Gasteiger partial charge on any atom is 0.264 e. The highest BCUT2D eigenvalue weighted by Crippen LogP contribution is 2.31. The first-order chi connectivity index (χ1) is 14.8. The standard InChI is InChI=1S/C26H26N2O2/c29-26(24-19-22-13-7-8-14-23(22)30-24)28-17-15-27(16-18-28)25(20-9-3-1-4-10-20)21-11-5-2-6-12-21/h1-14,24-25H,15-19H2/t24-/m0/s1. The Balaban J connectivity index is 1.28. The van der Waals surface area contributed by atoms with Crippen molar-refractivity contribution >= 4 is 5.91 Å². The highest BCUT2D eigenvalue weighted by molar-refractivity contribution is 5.82. The lowest BCUT2D eigenvalue weighted by Crippen LogP contribution is -2.53. The molecule has 1 atom stereocenters. The fraction of sp³-hybridized carbons (Fsp3) is 0.269. The molecule has 0 aliphatic carbocycles. The Bertz CT molecular complexity index is 933. The molecule has 3 aromatic carbocycles. The van der Waals surface area contributed by atoms with Gasteiger partial charge in [-0.15, -0.1) is 0 Å². The number of carbonyl (C=O) groups is 1. The van der Waals surface area contributed by atoms with E-state index in [9.17, 15) is 4.79 Å². The van der Waals surface area contributed by atoms with Crippen molar-refractivity contribution in [1.82, 2.24) is 9.80 Å². The Hall–Kier alpha value is -3.11. The van der Waals surface area contributed by atoms with Crippen LogP contribution in [0.1, 0.15) is 22.7 Å². The first-order valence-corrected chi connectivity index (χ1v) is 10.7. The van der Waals surface area contributed by atoms with E-state index < -0.39 is 0 Å². The van der Waals surface area contributed by atoms with Gasteiger partial charge in [-0.05, 0) is 22.8 Å². The van der Waals surface area contributed by atoms with Crippen LogP contribution in [0.2, 0.25) is 0 Å². The molecule has 0 radical (unpaired) electrons. The van der Waals surface area contributed by atoms with Crippen molar-refractivity contribution in [1.29, 1.82) is 0 Å². The van der Waals surface area contributed by atoms with Gasteiger partial charge < -0.3 is 9.64 Å². The third kappa shape index (κ3) is 3.71. The molecule has 0 spiro atoms. The maximum atomic E-state index is 13.1. The molecule has 152 valence electrons. The molecule has 0 aromatic heterocycles. The van der Waals surface area contributed by atoms with Crippen LogP contribution in [-0.4, -0.2) is 48.0 Å². The van der Waals surface area contributed by atoms with Crippen molar-refractivity contribution in [3.05, 3.63) is 102 Å². The topological polar surface area (TPSA) is 32.8 Å². The van der Waals surface area contributed by atoms with Crippen molar-refractivity contribution in [2.75, 3.05) is 26.2 Å². The fourth-order valence-electron chi connectivity index (χ4n) is 4.61. The van der Waals surface area contributed by atoms with Crippen LogP contribution in [-0.2, 0) is 11.2 Å². The van der Waals surface area contributed by atoms with Crippen molar-refractivity contribution in [3.8, 4) is 5.75 Å². The lowest BCUT2D eigenvalue weighted by molar-refractivity contribution is -0.139. The van der Waals surface area contributed by atoms with Gasteiger partial charge in [0.2, 0.25) is 0 Å². The average Bonchev–Trinajstić information content (AvgIpc) is 3.25. The normalized spacial score (nSPS) is 18.8. The highest BCUT2D eigenvalue weighted by atomic mass is 16.5. The van der Waals surface area contributed by atoms with Gasteiger partial charge in [0.25, 0.3) is 5.91 Å². The molecule has 1 fully saturated rings. The number of rotatable bonds is 4. The van der Waals surface area contributed by atoms with Crippen LogP contribution >= 0.6 is 0 Å². The van der Waals surface area contributed by atoms with Gasteiger partial charge in [-0.1, -0.05) is 78.9 Å². The number of fused-ring (bicyclic) bond motifs is 1. The number of benzene rings is 3. The van der Waals surface area contributed by atoms with Gasteiger partial charge in [0.15, 0.2) is 6.10 Å². The Morgan fingerprint density at radius 3 is 1.93 bits per heavy atom. The van der Waals surface area contributed by atoms with Gasteiger partial charge in [0, 0.05) is 32.6 Å². The van der Waals surface area contributed by atoms with E-state index in [1.165, 1.54) is 11.1 Å². The summed E-state index contributed by atoms with van der Waals surface area (Å²) in [5.74, 6) is 0.963. The van der Waals surface area contributed by atoms with Gasteiger partial charge in [0.05, 0.1) is 6.04 Å². The maximum absolute atomic E-state index is 13.1. The van der Waals surface area contributed by atoms with E-state index in [-0.39, 0.29) is 18.1 Å². The van der Waals surface area contributed by atoms with Crippen LogP contribution in [0.5, 0.6) is 5.75 Å². The molecule has 3 aromatic rings. The van der Waals surface area contributed by atoms with Crippen LogP contribution in [0.3, 0.4) is 0 Å². The van der Waals surface area contributed by atoms with E-state index >= 15 is 0 Å². The highest BCUT2D eigenvalue weighted by Gasteiger charge is 2.35. The molecule has 2 aliphatic heterocycles. The summed E-state index contributed by atoms with van der Waals surface area (Å²) in [6.07, 6.45) is 0.291. The number of para-hydroxylation sites is 1. The van der Waals surface area contributed by atoms with Crippen LogP contribution in [0.25, 0.3) is 0 Å². The SMILES string of the molecule is O=C([C@@H]1Cc2ccccc2O1)N1CCN(C(c2ccccc2)c2ccccc2)CC1. The van der Waals surface area contributed by atoms with E-state index in [1.807, 2.05) is 29.2 Å². The predicted octanol–water partition coefficient (Wildman–Crippen LogP) is 3.92. The number of ether oxygens (including phenoxy) is 1. The van der Waals surface area contributed by atoms with E-state index in [4.69, 9.17) is 4.74 Å². The van der Waals surface area contributed by atoms with E-state index in [0.717, 1.165) is 37.5 Å². The van der Waals surface area contributed by atoms with Gasteiger partial charge >= 0.3 is 0 Å². The van der Waals surface area contributed by atoms with E-state index in [0.29, 0.717) is 6.42 Å². The molecule has 5 rings (SSSR count). The van der Waals surface area contributed by atoms with Gasteiger partial charge in [-0.2, -0.15) is 0 Å². The smallest absolute Gasteiger partial charge is 0.264 e. The monoisotopic (exact) mass is 398 g/mol. The summed E-state index contributed by atoms with van der Waals surface area (Å²) in [5, 5.41) is 0. The summed E-state index contributed by atoms with van der Waals surface area (Å²) in [7, 11) is 0. The van der Waals surface area contributed by atoms with Crippen molar-refractivity contribution < 1.29 is 9.53 Å². The molecular formula is C26H26N2O2. The van der Waals surface area contributed by atoms with E-state index in [1.54, 1.807) is 0 Å². The Morgan fingerprint density at radius 2 is 1.33 bits per heavy atom. The second-order valence-electron chi connectivity index (χ2n) is 8.00. The van der Waals surface area contributed by atoms with Crippen LogP contribution in [0.4, 0.5) is 0 Å². The second kappa shape index (κ2) is 8.33. The molecule has 1 saturated heterocycles. The lowest BCUT2D eigenvalue weighted by atomic mass is 9.96. The van der Waals surface area contributed by atoms with Crippen molar-refractivity contribution in [3.63, 3.8) is 0 Å². The Labute approximate surface area is 177 Å². The number of amides is 1. The zero-order valence-electron chi connectivity index (χ0n) is 17.0. The largest absolute Gasteiger partial charge is 0.480 e. The molecule has 0 bridgehead atoms. The lowest BCUT2D eigenvalue weighted by Gasteiger charge is -2.40. The molecule has 4 heteroatoms. The zero-order chi connectivity index (χ0) is 20.3. The minimum atomic E-state index is -0.381. The van der Waals surface area contributed by atoms with Gasteiger partial charge in [-0.3, -0.25) is 9.69 Å². The van der Waals surface area contributed by atoms with Crippen molar-refractivity contribution in [2.45, 2.75) is 18.6 Å². The predicted molar refractivity (Wildman–Crippen MR) is 117 cm³/mol. The number of carbonyl (C=O) groups excluding carboxylic acids is 1. The molecule has 4 nitrogen and oxygen atoms in total. The molecule has 30 heavy (non-hydrogen) atoms. The number of hydrogen-bond acceptors (Lipinski definition) is 3. The minimum absolute atomic E-state index is 0.113. The summed E-state index contributed by atoms with van der Waals surface area (Å²) >= 11 is 0. The molecule has 0 saturated carbocycles. The number of nitrogens with zero attached hydrogens (tertiary/aromatic N) is 2. The first-order valence-electron chi connectivity index (χ1n) is 10.7. The summed E-state index contributed by atoms with van der Waals surface area (Å²) < 4.78 is 5.93. The third-order valence-electron chi connectivity index (χ3n) is 6.14. The Morgan fingerprint density at radius 1 is 0.767 bits per heavy atom.